The molecule has 0 bridgehead atoms. The lowest BCUT2D eigenvalue weighted by Crippen LogP contribution is -2.39. The smallest absolute Gasteiger partial charge is 0.260 e. The van der Waals surface area contributed by atoms with Gasteiger partial charge < -0.3 is 9.47 Å². The van der Waals surface area contributed by atoms with E-state index < -0.39 is 0 Å². The van der Waals surface area contributed by atoms with Gasteiger partial charge in [-0.3, -0.25) is 14.6 Å². The molecule has 2 heterocycles. The first-order valence-electron chi connectivity index (χ1n) is 9.96. The zero-order valence-corrected chi connectivity index (χ0v) is 17.7. The average Bonchev–Trinajstić information content (AvgIpc) is 3.19. The van der Waals surface area contributed by atoms with Gasteiger partial charge in [-0.25, -0.2) is 9.37 Å². The average molecular weight is 430 g/mol. The molecule has 0 saturated carbocycles. The number of fused-ring (bicyclic) bond motifs is 1. The molecule has 0 N–H and O–H groups in total. The van der Waals surface area contributed by atoms with Gasteiger partial charge >= 0.3 is 0 Å². The first kappa shape index (κ1) is 20.7. The first-order valence-corrected chi connectivity index (χ1v) is 10.8. The van der Waals surface area contributed by atoms with Crippen molar-refractivity contribution in [3.05, 3.63) is 53.8 Å². The number of nitrogens with zero attached hydrogens (tertiary/aromatic N) is 3. The molecule has 0 unspecified atom stereocenters. The van der Waals surface area contributed by atoms with Crippen LogP contribution >= 0.6 is 11.3 Å². The van der Waals surface area contributed by atoms with E-state index in [-0.39, 0.29) is 11.7 Å². The van der Waals surface area contributed by atoms with Crippen LogP contribution in [0.4, 0.5) is 9.52 Å². The topological polar surface area (TPSA) is 54.9 Å². The van der Waals surface area contributed by atoms with Crippen LogP contribution in [0.5, 0.6) is 5.75 Å². The number of carbonyl (C=O) groups is 1. The summed E-state index contributed by atoms with van der Waals surface area (Å²) in [4.78, 5) is 22.0. The Morgan fingerprint density at radius 3 is 2.90 bits per heavy atom. The maximum absolute atomic E-state index is 13.6. The summed E-state index contributed by atoms with van der Waals surface area (Å²) < 4.78 is 25.0. The summed E-state index contributed by atoms with van der Waals surface area (Å²) in [6, 6.07) is 11.6. The summed E-state index contributed by atoms with van der Waals surface area (Å²) in [6.45, 7) is 4.71. The third kappa shape index (κ3) is 4.77. The van der Waals surface area contributed by atoms with Gasteiger partial charge in [0.05, 0.1) is 30.5 Å². The van der Waals surface area contributed by atoms with Crippen molar-refractivity contribution >= 4 is 32.6 Å². The number of morpholine rings is 1. The highest BCUT2D eigenvalue weighted by atomic mass is 32.1. The molecular formula is C22H24FN3O3S. The highest BCUT2D eigenvalue weighted by molar-refractivity contribution is 7.22. The molecule has 1 saturated heterocycles. The van der Waals surface area contributed by atoms with Crippen LogP contribution in [0.2, 0.25) is 0 Å². The molecule has 0 aliphatic carbocycles. The van der Waals surface area contributed by atoms with Crippen LogP contribution in [0.1, 0.15) is 16.8 Å². The molecule has 0 radical (unpaired) electrons. The molecule has 1 aliphatic heterocycles. The van der Waals surface area contributed by atoms with Gasteiger partial charge in [0, 0.05) is 31.7 Å². The fraction of sp³-hybridized carbons (Fsp3) is 0.364. The molecule has 1 aromatic heterocycles. The number of ether oxygens (including phenoxy) is 2. The lowest BCUT2D eigenvalue weighted by molar-refractivity contribution is 0.0376. The third-order valence-electron chi connectivity index (χ3n) is 5.09. The van der Waals surface area contributed by atoms with E-state index in [1.165, 1.54) is 23.5 Å². The van der Waals surface area contributed by atoms with Gasteiger partial charge in [0.15, 0.2) is 5.13 Å². The third-order valence-corrected chi connectivity index (χ3v) is 6.13. The molecule has 1 fully saturated rings. The van der Waals surface area contributed by atoms with Crippen LogP contribution in [-0.4, -0.2) is 62.3 Å². The minimum absolute atomic E-state index is 0.143. The quantitative estimate of drug-likeness (QED) is 0.572. The zero-order valence-electron chi connectivity index (χ0n) is 16.8. The molecule has 158 valence electrons. The Balaban J connectivity index is 1.58. The minimum atomic E-state index is -0.310. The molecule has 6 nitrogen and oxygen atoms in total. The monoisotopic (exact) mass is 429 g/mol. The Morgan fingerprint density at radius 2 is 2.10 bits per heavy atom. The van der Waals surface area contributed by atoms with Crippen molar-refractivity contribution in [2.24, 2.45) is 0 Å². The van der Waals surface area contributed by atoms with E-state index in [0.29, 0.717) is 28.5 Å². The maximum atomic E-state index is 13.6. The predicted octanol–water partition coefficient (Wildman–Crippen LogP) is 3.81. The highest BCUT2D eigenvalue weighted by Crippen LogP contribution is 2.31. The molecule has 30 heavy (non-hydrogen) atoms. The number of aromatic nitrogens is 1. The molecule has 1 aliphatic rings. The fourth-order valence-corrected chi connectivity index (χ4v) is 4.49. The van der Waals surface area contributed by atoms with Crippen LogP contribution in [-0.2, 0) is 4.74 Å². The maximum Gasteiger partial charge on any atom is 0.260 e. The van der Waals surface area contributed by atoms with Gasteiger partial charge in [0.2, 0.25) is 0 Å². The van der Waals surface area contributed by atoms with Crippen LogP contribution in [0.15, 0.2) is 42.5 Å². The van der Waals surface area contributed by atoms with Crippen molar-refractivity contribution in [1.82, 2.24) is 9.88 Å². The number of benzene rings is 2. The highest BCUT2D eigenvalue weighted by Gasteiger charge is 2.22. The number of hydrogen-bond acceptors (Lipinski definition) is 6. The number of amides is 1. The molecule has 3 aromatic rings. The summed E-state index contributed by atoms with van der Waals surface area (Å²) in [7, 11) is 1.58. The van der Waals surface area contributed by atoms with E-state index >= 15 is 0 Å². The van der Waals surface area contributed by atoms with Gasteiger partial charge in [0.1, 0.15) is 11.6 Å². The molecular weight excluding hydrogens is 405 g/mol. The SMILES string of the molecule is COc1cccc(C(=O)N(CCCN2CCOCC2)c2nc3ccc(F)cc3s2)c1. The van der Waals surface area contributed by atoms with Crippen molar-refractivity contribution in [3.8, 4) is 5.75 Å². The minimum Gasteiger partial charge on any atom is -0.497 e. The van der Waals surface area contributed by atoms with E-state index in [1.54, 1.807) is 42.3 Å². The van der Waals surface area contributed by atoms with E-state index in [1.807, 2.05) is 0 Å². The van der Waals surface area contributed by atoms with Gasteiger partial charge in [-0.2, -0.15) is 0 Å². The van der Waals surface area contributed by atoms with Crippen molar-refractivity contribution in [2.75, 3.05) is 51.4 Å². The molecule has 0 atom stereocenters. The molecule has 1 amide bonds. The van der Waals surface area contributed by atoms with Crippen molar-refractivity contribution in [2.45, 2.75) is 6.42 Å². The Bertz CT molecular complexity index is 1020. The summed E-state index contributed by atoms with van der Waals surface area (Å²) in [5.41, 5.74) is 1.22. The largest absolute Gasteiger partial charge is 0.497 e. The van der Waals surface area contributed by atoms with Crippen LogP contribution in [0, 0.1) is 5.82 Å². The number of thiazole rings is 1. The van der Waals surface area contributed by atoms with Gasteiger partial charge in [-0.05, 0) is 42.8 Å². The van der Waals surface area contributed by atoms with Gasteiger partial charge in [-0.1, -0.05) is 17.4 Å². The van der Waals surface area contributed by atoms with Crippen molar-refractivity contribution in [3.63, 3.8) is 0 Å². The van der Waals surface area contributed by atoms with Gasteiger partial charge in [0.25, 0.3) is 5.91 Å². The van der Waals surface area contributed by atoms with Crippen LogP contribution < -0.4 is 9.64 Å². The number of carbonyl (C=O) groups excluding carboxylic acids is 1. The summed E-state index contributed by atoms with van der Waals surface area (Å²) >= 11 is 1.33. The standard InChI is InChI=1S/C22H24FN3O3S/c1-28-18-5-2-4-16(14-18)21(27)26(9-3-8-25-10-12-29-13-11-25)22-24-19-7-6-17(23)15-20(19)30-22/h2,4-7,14-15H,3,8-13H2,1H3. The Kier molecular flexibility index (Phi) is 6.56. The Morgan fingerprint density at radius 1 is 1.27 bits per heavy atom. The Labute approximate surface area is 178 Å². The lowest BCUT2D eigenvalue weighted by Gasteiger charge is -2.27. The van der Waals surface area contributed by atoms with Crippen LogP contribution in [0.3, 0.4) is 0 Å². The number of rotatable bonds is 7. The van der Waals surface area contributed by atoms with Crippen molar-refractivity contribution in [1.29, 1.82) is 0 Å². The number of halogens is 1. The van der Waals surface area contributed by atoms with E-state index in [2.05, 4.69) is 9.88 Å². The van der Waals surface area contributed by atoms with E-state index in [4.69, 9.17) is 9.47 Å². The summed E-state index contributed by atoms with van der Waals surface area (Å²) in [6.07, 6.45) is 0.806. The lowest BCUT2D eigenvalue weighted by atomic mass is 10.2. The number of methoxy groups -OCH3 is 1. The van der Waals surface area contributed by atoms with E-state index in [9.17, 15) is 9.18 Å². The number of hydrogen-bond donors (Lipinski definition) is 0. The molecule has 0 spiro atoms. The predicted molar refractivity (Wildman–Crippen MR) is 116 cm³/mol. The second kappa shape index (κ2) is 9.51. The molecule has 2 aromatic carbocycles. The number of anilines is 1. The van der Waals surface area contributed by atoms with Crippen molar-refractivity contribution < 1.29 is 18.7 Å². The molecule has 8 heteroatoms. The normalized spacial score (nSPS) is 14.7. The second-order valence-electron chi connectivity index (χ2n) is 7.10. The fourth-order valence-electron chi connectivity index (χ4n) is 3.47. The summed E-state index contributed by atoms with van der Waals surface area (Å²) in [5.74, 6) is 0.173. The molecule has 4 rings (SSSR count). The van der Waals surface area contributed by atoms with Crippen LogP contribution in [0.25, 0.3) is 10.2 Å². The first-order chi connectivity index (χ1) is 14.6. The zero-order chi connectivity index (χ0) is 20.9. The Hall–Kier alpha value is -2.55. The second-order valence-corrected chi connectivity index (χ2v) is 8.11. The van der Waals surface area contributed by atoms with Gasteiger partial charge in [-0.15, -0.1) is 0 Å². The summed E-state index contributed by atoms with van der Waals surface area (Å²) in [5, 5.41) is 0.574. The van der Waals surface area contributed by atoms with E-state index in [0.717, 1.165) is 44.0 Å².